The van der Waals surface area contributed by atoms with E-state index < -0.39 is 11.6 Å². The second-order valence-electron chi connectivity index (χ2n) is 8.02. The van der Waals surface area contributed by atoms with Gasteiger partial charge in [0.05, 0.1) is 14.2 Å². The fourth-order valence-corrected chi connectivity index (χ4v) is 3.89. The van der Waals surface area contributed by atoms with Crippen molar-refractivity contribution in [2.75, 3.05) is 14.2 Å². The zero-order valence-corrected chi connectivity index (χ0v) is 19.3. The Hall–Kier alpha value is -4.18. The van der Waals surface area contributed by atoms with Crippen LogP contribution in [0.15, 0.2) is 97.1 Å². The van der Waals surface area contributed by atoms with Crippen molar-refractivity contribution in [1.29, 1.82) is 0 Å². The number of ether oxygens (including phenoxy) is 2. The molecular formula is C30H26O4. The smallest absolute Gasteiger partial charge is 0.233 e. The SMILES string of the molecule is COc1cccc(CCc2cccc(-c3cccc(C(=O)C(=O)c4cccc(OC)c4)c3)c2)c1. The summed E-state index contributed by atoms with van der Waals surface area (Å²) in [4.78, 5) is 25.7. The lowest BCUT2D eigenvalue weighted by Crippen LogP contribution is -2.14. The number of Topliss-reactive ketones (excluding diaryl/α,β-unsaturated/α-hetero) is 2. The van der Waals surface area contributed by atoms with Crippen molar-refractivity contribution in [3.05, 3.63) is 119 Å². The van der Waals surface area contributed by atoms with Gasteiger partial charge in [0.15, 0.2) is 0 Å². The molecule has 0 bridgehead atoms. The predicted octanol–water partition coefficient (Wildman–Crippen LogP) is 6.22. The first-order valence-corrected chi connectivity index (χ1v) is 11.1. The first-order valence-electron chi connectivity index (χ1n) is 11.1. The molecule has 4 heteroatoms. The molecule has 4 rings (SSSR count). The Balaban J connectivity index is 1.52. The number of rotatable bonds is 9. The standard InChI is InChI=1S/C30H26O4/c1-33-27-13-4-8-22(18-27)16-15-21-7-3-9-23(17-21)24-10-5-11-25(19-24)29(31)30(32)26-12-6-14-28(20-26)34-2/h3-14,17-20H,15-16H2,1-2H3. The third kappa shape index (κ3) is 5.41. The lowest BCUT2D eigenvalue weighted by atomic mass is 9.95. The van der Waals surface area contributed by atoms with Crippen LogP contribution in [0.4, 0.5) is 0 Å². The highest BCUT2D eigenvalue weighted by Crippen LogP contribution is 2.24. The van der Waals surface area contributed by atoms with Crippen LogP contribution in [0.2, 0.25) is 0 Å². The summed E-state index contributed by atoms with van der Waals surface area (Å²) in [6.45, 7) is 0. The van der Waals surface area contributed by atoms with E-state index in [4.69, 9.17) is 9.47 Å². The van der Waals surface area contributed by atoms with Crippen molar-refractivity contribution in [2.45, 2.75) is 12.8 Å². The van der Waals surface area contributed by atoms with E-state index in [-0.39, 0.29) is 0 Å². The first-order chi connectivity index (χ1) is 16.6. The summed E-state index contributed by atoms with van der Waals surface area (Å²) < 4.78 is 10.5. The Kier molecular flexibility index (Phi) is 7.19. The topological polar surface area (TPSA) is 52.6 Å². The second kappa shape index (κ2) is 10.6. The van der Waals surface area contributed by atoms with Gasteiger partial charge >= 0.3 is 0 Å². The van der Waals surface area contributed by atoms with Crippen molar-refractivity contribution in [3.8, 4) is 22.6 Å². The van der Waals surface area contributed by atoms with Gasteiger partial charge in [-0.3, -0.25) is 9.59 Å². The fraction of sp³-hybridized carbons (Fsp3) is 0.133. The van der Waals surface area contributed by atoms with Crippen molar-refractivity contribution in [1.82, 2.24) is 0 Å². The molecule has 170 valence electrons. The van der Waals surface area contributed by atoms with Crippen molar-refractivity contribution in [2.24, 2.45) is 0 Å². The molecule has 0 saturated heterocycles. The van der Waals surface area contributed by atoms with Crippen LogP contribution in [0.3, 0.4) is 0 Å². The third-order valence-corrected chi connectivity index (χ3v) is 5.76. The average molecular weight is 451 g/mol. The molecule has 0 saturated carbocycles. The van der Waals surface area contributed by atoms with E-state index in [1.165, 1.54) is 18.2 Å². The number of benzene rings is 4. The molecule has 34 heavy (non-hydrogen) atoms. The Bertz CT molecular complexity index is 1320. The van der Waals surface area contributed by atoms with Crippen molar-refractivity contribution < 1.29 is 19.1 Å². The van der Waals surface area contributed by atoms with Crippen molar-refractivity contribution in [3.63, 3.8) is 0 Å². The summed E-state index contributed by atoms with van der Waals surface area (Å²) in [6.07, 6.45) is 1.78. The van der Waals surface area contributed by atoms with E-state index in [9.17, 15) is 9.59 Å². The van der Waals surface area contributed by atoms with Crippen LogP contribution in [-0.4, -0.2) is 25.8 Å². The summed E-state index contributed by atoms with van der Waals surface area (Å²) in [5.41, 5.74) is 5.00. The van der Waals surface area contributed by atoms with E-state index >= 15 is 0 Å². The molecule has 0 aliphatic carbocycles. The normalized spacial score (nSPS) is 10.5. The molecule has 4 nitrogen and oxygen atoms in total. The molecule has 0 atom stereocenters. The van der Waals surface area contributed by atoms with E-state index in [0.29, 0.717) is 16.9 Å². The Morgan fingerprint density at radius 1 is 0.559 bits per heavy atom. The number of ketones is 2. The van der Waals surface area contributed by atoms with Crippen LogP contribution in [0.5, 0.6) is 11.5 Å². The largest absolute Gasteiger partial charge is 0.497 e. The highest BCUT2D eigenvalue weighted by atomic mass is 16.5. The molecular weight excluding hydrogens is 424 g/mol. The zero-order valence-electron chi connectivity index (χ0n) is 19.3. The molecule has 0 aliphatic heterocycles. The highest BCUT2D eigenvalue weighted by molar-refractivity contribution is 6.49. The molecule has 0 aromatic heterocycles. The zero-order chi connectivity index (χ0) is 23.9. The minimum Gasteiger partial charge on any atom is -0.497 e. The van der Waals surface area contributed by atoms with Crippen LogP contribution in [0.25, 0.3) is 11.1 Å². The van der Waals surface area contributed by atoms with Gasteiger partial charge in [0, 0.05) is 11.1 Å². The number of aryl methyl sites for hydroxylation is 2. The van der Waals surface area contributed by atoms with Gasteiger partial charge in [-0.05, 0) is 65.4 Å². The molecule has 0 fully saturated rings. The highest BCUT2D eigenvalue weighted by Gasteiger charge is 2.19. The van der Waals surface area contributed by atoms with Gasteiger partial charge in [-0.25, -0.2) is 0 Å². The first kappa shape index (κ1) is 23.0. The summed E-state index contributed by atoms with van der Waals surface area (Å²) in [7, 11) is 3.20. The molecule has 0 spiro atoms. The van der Waals surface area contributed by atoms with Gasteiger partial charge < -0.3 is 9.47 Å². The molecule has 0 amide bonds. The van der Waals surface area contributed by atoms with Gasteiger partial charge in [-0.1, -0.05) is 66.7 Å². The van der Waals surface area contributed by atoms with Crippen LogP contribution in [0, 0.1) is 0 Å². The second-order valence-corrected chi connectivity index (χ2v) is 8.02. The van der Waals surface area contributed by atoms with E-state index in [0.717, 1.165) is 29.7 Å². The monoisotopic (exact) mass is 450 g/mol. The third-order valence-electron chi connectivity index (χ3n) is 5.76. The maximum atomic E-state index is 12.9. The van der Waals surface area contributed by atoms with Crippen LogP contribution in [0.1, 0.15) is 31.8 Å². The van der Waals surface area contributed by atoms with Gasteiger partial charge in [0.1, 0.15) is 11.5 Å². The van der Waals surface area contributed by atoms with E-state index in [1.807, 2.05) is 36.4 Å². The molecule has 0 unspecified atom stereocenters. The predicted molar refractivity (Wildman–Crippen MR) is 134 cm³/mol. The molecule has 0 radical (unpaired) electrons. The Labute approximate surface area is 199 Å². The lowest BCUT2D eigenvalue weighted by molar-refractivity contribution is 0.0817. The van der Waals surface area contributed by atoms with Gasteiger partial charge in [0.25, 0.3) is 0 Å². The number of carbonyl (C=O) groups excluding carboxylic acids is 2. The molecule has 4 aromatic rings. The number of methoxy groups -OCH3 is 2. The summed E-state index contributed by atoms with van der Waals surface area (Å²) >= 11 is 0. The number of carbonyl (C=O) groups is 2. The van der Waals surface area contributed by atoms with Crippen molar-refractivity contribution >= 4 is 11.6 Å². The summed E-state index contributed by atoms with van der Waals surface area (Å²) in [5.74, 6) is 0.307. The van der Waals surface area contributed by atoms with Crippen LogP contribution in [-0.2, 0) is 12.8 Å². The summed E-state index contributed by atoms with van der Waals surface area (Å²) in [6, 6.07) is 30.2. The Morgan fingerprint density at radius 3 is 1.68 bits per heavy atom. The molecule has 4 aromatic carbocycles. The summed E-state index contributed by atoms with van der Waals surface area (Å²) in [5, 5.41) is 0. The van der Waals surface area contributed by atoms with Gasteiger partial charge in [0.2, 0.25) is 11.6 Å². The minimum atomic E-state index is -0.553. The minimum absolute atomic E-state index is 0.314. The quantitative estimate of drug-likeness (QED) is 0.224. The van der Waals surface area contributed by atoms with E-state index in [1.54, 1.807) is 43.5 Å². The fourth-order valence-electron chi connectivity index (χ4n) is 3.89. The van der Waals surface area contributed by atoms with Crippen LogP contribution < -0.4 is 9.47 Å². The van der Waals surface area contributed by atoms with Crippen LogP contribution >= 0.6 is 0 Å². The number of hydrogen-bond donors (Lipinski definition) is 0. The molecule has 0 aliphatic rings. The molecule has 0 heterocycles. The lowest BCUT2D eigenvalue weighted by Gasteiger charge is -2.09. The maximum absolute atomic E-state index is 12.9. The Morgan fingerprint density at radius 2 is 1.03 bits per heavy atom. The van der Waals surface area contributed by atoms with Gasteiger partial charge in [-0.2, -0.15) is 0 Å². The van der Waals surface area contributed by atoms with E-state index in [2.05, 4.69) is 24.3 Å². The van der Waals surface area contributed by atoms with Gasteiger partial charge in [-0.15, -0.1) is 0 Å². The maximum Gasteiger partial charge on any atom is 0.233 e. The average Bonchev–Trinajstić information content (AvgIpc) is 2.91. The number of hydrogen-bond acceptors (Lipinski definition) is 4. The molecule has 0 N–H and O–H groups in total.